The van der Waals surface area contributed by atoms with Crippen molar-refractivity contribution in [2.45, 2.75) is 44.5 Å². The van der Waals surface area contributed by atoms with Gasteiger partial charge in [-0.05, 0) is 44.6 Å². The average Bonchev–Trinajstić information content (AvgIpc) is 2.39. The van der Waals surface area contributed by atoms with Crippen molar-refractivity contribution >= 4 is 17.5 Å². The Morgan fingerprint density at radius 2 is 2.11 bits per heavy atom. The Hall–Kier alpha value is -0.960. The highest BCUT2D eigenvalue weighted by atomic mass is 32.2. The summed E-state index contributed by atoms with van der Waals surface area (Å²) < 4.78 is 5.73. The molecule has 1 aromatic carbocycles. The Labute approximate surface area is 113 Å². The van der Waals surface area contributed by atoms with Gasteiger partial charge in [-0.1, -0.05) is 18.6 Å². The van der Waals surface area contributed by atoms with Crippen LogP contribution in [-0.2, 0) is 0 Å². The van der Waals surface area contributed by atoms with E-state index < -0.39 is 0 Å². The van der Waals surface area contributed by atoms with Crippen LogP contribution >= 0.6 is 11.8 Å². The number of para-hydroxylation sites is 1. The summed E-state index contributed by atoms with van der Waals surface area (Å²) in [4.78, 5) is 12.5. The van der Waals surface area contributed by atoms with Crippen LogP contribution in [0.25, 0.3) is 0 Å². The summed E-state index contributed by atoms with van der Waals surface area (Å²) >= 11 is 1.79. The van der Waals surface area contributed by atoms with Gasteiger partial charge >= 0.3 is 0 Å². The molecule has 2 nitrogen and oxygen atoms in total. The van der Waals surface area contributed by atoms with Gasteiger partial charge in [0.05, 0.1) is 16.9 Å². The maximum Gasteiger partial charge on any atom is 0.179 e. The lowest BCUT2D eigenvalue weighted by molar-refractivity contribution is 0.0979. The zero-order valence-electron chi connectivity index (χ0n) is 11.0. The zero-order chi connectivity index (χ0) is 13.0. The molecule has 2 rings (SSSR count). The first kappa shape index (κ1) is 13.5. The van der Waals surface area contributed by atoms with Gasteiger partial charge in [-0.2, -0.15) is 11.8 Å². The van der Waals surface area contributed by atoms with Gasteiger partial charge in [0.15, 0.2) is 5.78 Å². The molecule has 0 amide bonds. The molecular formula is C15H20O2S. The number of hydrogen-bond acceptors (Lipinski definition) is 3. The Morgan fingerprint density at radius 3 is 2.78 bits per heavy atom. The van der Waals surface area contributed by atoms with E-state index >= 15 is 0 Å². The number of benzene rings is 1. The van der Waals surface area contributed by atoms with Crippen molar-refractivity contribution < 1.29 is 9.53 Å². The number of hydrogen-bond donors (Lipinski definition) is 0. The molecular weight excluding hydrogens is 244 g/mol. The van der Waals surface area contributed by atoms with Crippen LogP contribution < -0.4 is 4.74 Å². The number of carbonyl (C=O) groups excluding carboxylic acids is 1. The molecule has 1 atom stereocenters. The predicted molar refractivity (Wildman–Crippen MR) is 76.6 cm³/mol. The van der Waals surface area contributed by atoms with Gasteiger partial charge in [0.2, 0.25) is 0 Å². The van der Waals surface area contributed by atoms with Gasteiger partial charge in [0.25, 0.3) is 0 Å². The molecule has 1 fully saturated rings. The van der Waals surface area contributed by atoms with Gasteiger partial charge < -0.3 is 4.74 Å². The monoisotopic (exact) mass is 264 g/mol. The fourth-order valence-corrected chi connectivity index (χ4v) is 3.41. The SMILES string of the molecule is CC(C)Oc1ccccc1C(=O)C1CCCCS1. The second-order valence-electron chi connectivity index (χ2n) is 4.88. The van der Waals surface area contributed by atoms with Crippen LogP contribution in [0.1, 0.15) is 43.5 Å². The van der Waals surface area contributed by atoms with Crippen LogP contribution in [0.2, 0.25) is 0 Å². The molecule has 3 heteroatoms. The molecule has 0 spiro atoms. The summed E-state index contributed by atoms with van der Waals surface area (Å²) in [6, 6.07) is 7.60. The van der Waals surface area contributed by atoms with Crippen LogP contribution in [0.4, 0.5) is 0 Å². The lowest BCUT2D eigenvalue weighted by Gasteiger charge is -2.21. The predicted octanol–water partition coefficient (Wildman–Crippen LogP) is 3.94. The average molecular weight is 264 g/mol. The second-order valence-corrected chi connectivity index (χ2v) is 6.19. The van der Waals surface area contributed by atoms with Crippen LogP contribution in [0, 0.1) is 0 Å². The first-order valence-corrected chi connectivity index (χ1v) is 7.65. The minimum absolute atomic E-state index is 0.0953. The quantitative estimate of drug-likeness (QED) is 0.770. The molecule has 1 aliphatic heterocycles. The molecule has 1 saturated heterocycles. The van der Waals surface area contributed by atoms with Crippen molar-refractivity contribution in [3.05, 3.63) is 29.8 Å². The lowest BCUT2D eigenvalue weighted by atomic mass is 10.0. The third-order valence-electron chi connectivity index (χ3n) is 2.99. The lowest BCUT2D eigenvalue weighted by Crippen LogP contribution is -2.22. The summed E-state index contributed by atoms with van der Waals surface area (Å²) in [5.74, 6) is 2.06. The van der Waals surface area contributed by atoms with E-state index in [9.17, 15) is 4.79 Å². The normalized spacial score (nSPS) is 19.8. The molecule has 0 radical (unpaired) electrons. The van der Waals surface area contributed by atoms with E-state index in [1.165, 1.54) is 6.42 Å². The largest absolute Gasteiger partial charge is 0.490 e. The van der Waals surface area contributed by atoms with Crippen molar-refractivity contribution in [2.24, 2.45) is 0 Å². The first-order valence-electron chi connectivity index (χ1n) is 6.60. The molecule has 0 N–H and O–H groups in total. The van der Waals surface area contributed by atoms with Crippen molar-refractivity contribution in [1.82, 2.24) is 0 Å². The van der Waals surface area contributed by atoms with Gasteiger partial charge in [-0.15, -0.1) is 0 Å². The van der Waals surface area contributed by atoms with Gasteiger partial charge in [0.1, 0.15) is 5.75 Å². The number of rotatable bonds is 4. The zero-order valence-corrected chi connectivity index (χ0v) is 11.8. The van der Waals surface area contributed by atoms with Gasteiger partial charge in [0, 0.05) is 0 Å². The van der Waals surface area contributed by atoms with Crippen LogP contribution in [0.3, 0.4) is 0 Å². The second kappa shape index (κ2) is 6.28. The summed E-state index contributed by atoms with van der Waals surface area (Å²) in [7, 11) is 0. The first-order chi connectivity index (χ1) is 8.68. The van der Waals surface area contributed by atoms with E-state index in [4.69, 9.17) is 4.74 Å². The Bertz CT molecular complexity index is 409. The molecule has 1 aliphatic rings. The fourth-order valence-electron chi connectivity index (χ4n) is 2.15. The van der Waals surface area contributed by atoms with Crippen molar-refractivity contribution in [2.75, 3.05) is 5.75 Å². The highest BCUT2D eigenvalue weighted by molar-refractivity contribution is 8.00. The van der Waals surface area contributed by atoms with E-state index in [-0.39, 0.29) is 17.1 Å². The minimum atomic E-state index is 0.0953. The number of ketones is 1. The molecule has 0 saturated carbocycles. The molecule has 1 aromatic rings. The minimum Gasteiger partial charge on any atom is -0.490 e. The maximum absolute atomic E-state index is 12.5. The number of carbonyl (C=O) groups is 1. The number of ether oxygens (including phenoxy) is 1. The summed E-state index contributed by atoms with van der Waals surface area (Å²) in [5.41, 5.74) is 0.741. The summed E-state index contributed by atoms with van der Waals surface area (Å²) in [6.45, 7) is 3.97. The smallest absolute Gasteiger partial charge is 0.179 e. The van der Waals surface area contributed by atoms with E-state index in [1.807, 2.05) is 38.1 Å². The number of Topliss-reactive ketones (excluding diaryl/α,β-unsaturated/α-hetero) is 1. The van der Waals surface area contributed by atoms with Gasteiger partial charge in [-0.3, -0.25) is 4.79 Å². The highest BCUT2D eigenvalue weighted by Crippen LogP contribution is 2.31. The van der Waals surface area contributed by atoms with E-state index in [0.717, 1.165) is 29.9 Å². The third-order valence-corrected chi connectivity index (χ3v) is 4.36. The van der Waals surface area contributed by atoms with E-state index in [0.29, 0.717) is 0 Å². The molecule has 1 unspecified atom stereocenters. The topological polar surface area (TPSA) is 26.3 Å². The molecule has 98 valence electrons. The summed E-state index contributed by atoms with van der Waals surface area (Å²) in [5, 5.41) is 0.121. The fraction of sp³-hybridized carbons (Fsp3) is 0.533. The van der Waals surface area contributed by atoms with Crippen molar-refractivity contribution in [1.29, 1.82) is 0 Å². The Kier molecular flexibility index (Phi) is 4.70. The standard InChI is InChI=1S/C15H20O2S/c1-11(2)17-13-8-4-3-7-12(13)15(16)14-9-5-6-10-18-14/h3-4,7-8,11,14H,5-6,9-10H2,1-2H3. The highest BCUT2D eigenvalue weighted by Gasteiger charge is 2.25. The third kappa shape index (κ3) is 3.29. The van der Waals surface area contributed by atoms with E-state index in [1.54, 1.807) is 11.8 Å². The number of thioether (sulfide) groups is 1. The Balaban J connectivity index is 2.18. The maximum atomic E-state index is 12.5. The van der Waals surface area contributed by atoms with Crippen molar-refractivity contribution in [3.8, 4) is 5.75 Å². The summed E-state index contributed by atoms with van der Waals surface area (Å²) in [6.07, 6.45) is 3.49. The van der Waals surface area contributed by atoms with Crippen molar-refractivity contribution in [3.63, 3.8) is 0 Å². The molecule has 0 aliphatic carbocycles. The van der Waals surface area contributed by atoms with E-state index in [2.05, 4.69) is 0 Å². The van der Waals surface area contributed by atoms with Crippen LogP contribution in [0.15, 0.2) is 24.3 Å². The van der Waals surface area contributed by atoms with Crippen LogP contribution in [0.5, 0.6) is 5.75 Å². The Morgan fingerprint density at radius 1 is 1.33 bits per heavy atom. The van der Waals surface area contributed by atoms with Gasteiger partial charge in [-0.25, -0.2) is 0 Å². The molecule has 1 heterocycles. The molecule has 0 bridgehead atoms. The molecule has 0 aromatic heterocycles. The van der Waals surface area contributed by atoms with Crippen LogP contribution in [-0.4, -0.2) is 22.9 Å². The molecule has 18 heavy (non-hydrogen) atoms.